The van der Waals surface area contributed by atoms with Crippen molar-refractivity contribution in [2.75, 3.05) is 5.75 Å². The van der Waals surface area contributed by atoms with Gasteiger partial charge in [-0.15, -0.1) is 0 Å². The number of aliphatic hydroxyl groups excluding tert-OH is 1. The number of ether oxygens (including phenoxy) is 2. The highest BCUT2D eigenvalue weighted by Gasteiger charge is 2.32. The van der Waals surface area contributed by atoms with Crippen molar-refractivity contribution < 1.29 is 19.0 Å². The first kappa shape index (κ1) is 27.4. The number of hydrogen-bond donors (Lipinski definition) is 2. The van der Waals surface area contributed by atoms with Crippen LogP contribution in [0.1, 0.15) is 41.1 Å². The fraction of sp³-hybridized carbons (Fsp3) is 0.206. The van der Waals surface area contributed by atoms with Gasteiger partial charge < -0.3 is 24.7 Å². The van der Waals surface area contributed by atoms with Gasteiger partial charge in [-0.2, -0.15) is 0 Å². The van der Waals surface area contributed by atoms with E-state index < -0.39 is 6.29 Å². The Morgan fingerprint density at radius 2 is 1.39 bits per heavy atom. The SMILES string of the molecule is NCc1ccc(C2OC(CSc3nc(-c4ccccc4)c(-c4ccccc4)o3)CC(c3ccc(CO)cc3)O2)cc1. The largest absolute Gasteiger partial charge is 0.431 e. The lowest BCUT2D eigenvalue weighted by Crippen LogP contribution is -2.31. The van der Waals surface area contributed by atoms with Crippen LogP contribution in [0, 0.1) is 0 Å². The fourth-order valence-corrected chi connectivity index (χ4v) is 5.78. The summed E-state index contributed by atoms with van der Waals surface area (Å²) in [5.74, 6) is 1.40. The summed E-state index contributed by atoms with van der Waals surface area (Å²) in [4.78, 5) is 4.91. The average Bonchev–Trinajstić information content (AvgIpc) is 3.49. The number of benzene rings is 4. The molecule has 2 heterocycles. The van der Waals surface area contributed by atoms with Gasteiger partial charge in [0.25, 0.3) is 5.22 Å². The molecule has 3 atom stereocenters. The summed E-state index contributed by atoms with van der Waals surface area (Å²) in [5.41, 5.74) is 12.6. The van der Waals surface area contributed by atoms with E-state index in [0.29, 0.717) is 23.9 Å². The normalized spacial score (nSPS) is 18.8. The van der Waals surface area contributed by atoms with Crippen molar-refractivity contribution in [1.82, 2.24) is 4.98 Å². The molecule has 41 heavy (non-hydrogen) atoms. The van der Waals surface area contributed by atoms with E-state index in [1.807, 2.05) is 109 Å². The highest BCUT2D eigenvalue weighted by atomic mass is 32.2. The first-order valence-electron chi connectivity index (χ1n) is 13.7. The second-order valence-electron chi connectivity index (χ2n) is 10.00. The maximum Gasteiger partial charge on any atom is 0.256 e. The van der Waals surface area contributed by atoms with Crippen LogP contribution in [0.2, 0.25) is 0 Å². The molecule has 1 aliphatic heterocycles. The molecule has 0 bridgehead atoms. The van der Waals surface area contributed by atoms with Gasteiger partial charge in [-0.25, -0.2) is 4.98 Å². The predicted octanol–water partition coefficient (Wildman–Crippen LogP) is 7.30. The number of aromatic nitrogens is 1. The third-order valence-electron chi connectivity index (χ3n) is 7.19. The molecule has 0 aliphatic carbocycles. The lowest BCUT2D eigenvalue weighted by Gasteiger charge is -2.36. The maximum absolute atomic E-state index is 9.48. The van der Waals surface area contributed by atoms with E-state index >= 15 is 0 Å². The summed E-state index contributed by atoms with van der Waals surface area (Å²) in [7, 11) is 0. The Labute approximate surface area is 244 Å². The Morgan fingerprint density at radius 1 is 0.756 bits per heavy atom. The molecule has 3 N–H and O–H groups in total. The average molecular weight is 565 g/mol. The third-order valence-corrected chi connectivity index (χ3v) is 8.15. The minimum Gasteiger partial charge on any atom is -0.431 e. The van der Waals surface area contributed by atoms with E-state index in [4.69, 9.17) is 24.6 Å². The van der Waals surface area contributed by atoms with E-state index in [0.717, 1.165) is 44.8 Å². The van der Waals surface area contributed by atoms with E-state index in [1.165, 1.54) is 0 Å². The van der Waals surface area contributed by atoms with Crippen LogP contribution in [0.3, 0.4) is 0 Å². The lowest BCUT2D eigenvalue weighted by atomic mass is 10.0. The van der Waals surface area contributed by atoms with Crippen LogP contribution in [0.15, 0.2) is 119 Å². The molecule has 5 aromatic rings. The number of nitrogens with zero attached hydrogens (tertiary/aromatic N) is 1. The quantitative estimate of drug-likeness (QED) is 0.182. The molecule has 3 unspecified atom stereocenters. The molecule has 0 radical (unpaired) electrons. The minimum atomic E-state index is -0.520. The third kappa shape index (κ3) is 6.45. The Morgan fingerprint density at radius 3 is 2.05 bits per heavy atom. The van der Waals surface area contributed by atoms with Gasteiger partial charge in [0.2, 0.25) is 0 Å². The van der Waals surface area contributed by atoms with Gasteiger partial charge in [0.15, 0.2) is 12.1 Å². The van der Waals surface area contributed by atoms with Crippen LogP contribution in [0.5, 0.6) is 0 Å². The Balaban J connectivity index is 1.25. The molecule has 0 amide bonds. The van der Waals surface area contributed by atoms with Gasteiger partial charge in [-0.05, 0) is 16.7 Å². The summed E-state index contributed by atoms with van der Waals surface area (Å²) >= 11 is 1.55. The van der Waals surface area contributed by atoms with Crippen LogP contribution >= 0.6 is 11.8 Å². The zero-order valence-electron chi connectivity index (χ0n) is 22.6. The first-order valence-corrected chi connectivity index (χ1v) is 14.7. The molecular formula is C34H32N2O4S. The molecule has 1 saturated heterocycles. The summed E-state index contributed by atoms with van der Waals surface area (Å²) in [6, 6.07) is 36.1. The highest BCUT2D eigenvalue weighted by Crippen LogP contribution is 2.41. The van der Waals surface area contributed by atoms with E-state index in [-0.39, 0.29) is 18.8 Å². The molecule has 1 aliphatic rings. The maximum atomic E-state index is 9.48. The lowest BCUT2D eigenvalue weighted by molar-refractivity contribution is -0.245. The summed E-state index contributed by atoms with van der Waals surface area (Å²) in [6.45, 7) is 0.494. The molecule has 0 spiro atoms. The molecule has 0 saturated carbocycles. The molecule has 6 nitrogen and oxygen atoms in total. The van der Waals surface area contributed by atoms with Crippen molar-refractivity contribution in [1.29, 1.82) is 0 Å². The predicted molar refractivity (Wildman–Crippen MR) is 161 cm³/mol. The number of thioether (sulfide) groups is 1. The highest BCUT2D eigenvalue weighted by molar-refractivity contribution is 7.99. The number of oxazole rings is 1. The van der Waals surface area contributed by atoms with Crippen molar-refractivity contribution in [2.24, 2.45) is 5.73 Å². The number of rotatable bonds is 9. The monoisotopic (exact) mass is 564 g/mol. The standard InChI is InChI=1S/C34H32N2O4S/c35-20-23-11-17-28(18-12-23)33-38-29(19-30(39-33)25-15-13-24(21-37)14-16-25)22-41-34-36-31(26-7-3-1-4-8-26)32(40-34)27-9-5-2-6-10-27/h1-18,29-30,33,37H,19-22,35H2. The number of nitrogens with two attached hydrogens (primary N) is 1. The van der Waals surface area contributed by atoms with Crippen molar-refractivity contribution in [3.05, 3.63) is 131 Å². The van der Waals surface area contributed by atoms with Gasteiger partial charge in [0, 0.05) is 35.4 Å². The van der Waals surface area contributed by atoms with Crippen molar-refractivity contribution in [3.8, 4) is 22.6 Å². The molecule has 4 aromatic carbocycles. The first-order chi connectivity index (χ1) is 20.2. The zero-order valence-corrected chi connectivity index (χ0v) is 23.4. The Bertz CT molecular complexity index is 1430. The van der Waals surface area contributed by atoms with Gasteiger partial charge in [0.05, 0.1) is 18.8 Å². The van der Waals surface area contributed by atoms with Crippen molar-refractivity contribution >= 4 is 11.8 Å². The smallest absolute Gasteiger partial charge is 0.256 e. The molecule has 6 rings (SSSR count). The van der Waals surface area contributed by atoms with E-state index in [9.17, 15) is 5.11 Å². The van der Waals surface area contributed by atoms with E-state index in [2.05, 4.69) is 0 Å². The van der Waals surface area contributed by atoms with Crippen LogP contribution in [-0.4, -0.2) is 21.9 Å². The molecule has 7 heteroatoms. The van der Waals surface area contributed by atoms with Crippen molar-refractivity contribution in [2.45, 2.75) is 43.3 Å². The van der Waals surface area contributed by atoms with Gasteiger partial charge in [0.1, 0.15) is 5.69 Å². The zero-order chi connectivity index (χ0) is 28.0. The van der Waals surface area contributed by atoms with Gasteiger partial charge in [-0.3, -0.25) is 0 Å². The Kier molecular flexibility index (Phi) is 8.60. The van der Waals surface area contributed by atoms with Crippen LogP contribution in [0.25, 0.3) is 22.6 Å². The second-order valence-corrected chi connectivity index (χ2v) is 11.0. The van der Waals surface area contributed by atoms with Crippen LogP contribution in [0.4, 0.5) is 0 Å². The number of hydrogen-bond acceptors (Lipinski definition) is 7. The summed E-state index contributed by atoms with van der Waals surface area (Å²) < 4.78 is 19.3. The fourth-order valence-electron chi connectivity index (χ4n) is 4.94. The number of aliphatic hydroxyl groups is 1. The topological polar surface area (TPSA) is 90.7 Å². The van der Waals surface area contributed by atoms with Crippen LogP contribution < -0.4 is 5.73 Å². The summed E-state index contributed by atoms with van der Waals surface area (Å²) in [5, 5.41) is 10.1. The summed E-state index contributed by atoms with van der Waals surface area (Å²) in [6.07, 6.45) is -0.109. The van der Waals surface area contributed by atoms with Gasteiger partial charge >= 0.3 is 0 Å². The molecule has 1 aromatic heterocycles. The van der Waals surface area contributed by atoms with Crippen molar-refractivity contribution in [3.63, 3.8) is 0 Å². The molecule has 1 fully saturated rings. The van der Waals surface area contributed by atoms with E-state index in [1.54, 1.807) is 11.8 Å². The second kappa shape index (κ2) is 12.9. The molecular weight excluding hydrogens is 532 g/mol. The Hall–Kier alpha value is -3.72. The molecule has 208 valence electrons. The van der Waals surface area contributed by atoms with Crippen LogP contribution in [-0.2, 0) is 22.6 Å². The minimum absolute atomic E-state index is 0.0103. The van der Waals surface area contributed by atoms with Gasteiger partial charge in [-0.1, -0.05) is 121 Å².